The van der Waals surface area contributed by atoms with Crippen LogP contribution in [0.1, 0.15) is 5.56 Å². The molecular formula is C20H19N3O4. The lowest BCUT2D eigenvalue weighted by molar-refractivity contribution is -0.119. The van der Waals surface area contributed by atoms with E-state index < -0.39 is 0 Å². The summed E-state index contributed by atoms with van der Waals surface area (Å²) >= 11 is 0. The van der Waals surface area contributed by atoms with Crippen molar-refractivity contribution in [3.8, 4) is 11.5 Å². The molecule has 138 valence electrons. The van der Waals surface area contributed by atoms with Crippen molar-refractivity contribution >= 4 is 22.5 Å². The quantitative estimate of drug-likeness (QED) is 0.707. The first-order valence-corrected chi connectivity index (χ1v) is 8.62. The molecule has 0 saturated heterocycles. The number of rotatable bonds is 4. The zero-order valence-electron chi connectivity index (χ0n) is 15.1. The van der Waals surface area contributed by atoms with E-state index in [1.807, 2.05) is 24.3 Å². The van der Waals surface area contributed by atoms with Crippen molar-refractivity contribution in [1.29, 1.82) is 0 Å². The van der Waals surface area contributed by atoms with Crippen LogP contribution in [0.4, 0.5) is 5.69 Å². The van der Waals surface area contributed by atoms with Crippen LogP contribution < -0.4 is 19.9 Å². The standard InChI is InChI=1S/C20H19N3O4/c1-26-17-9-14-15(10-18(17)27-2)21-12-22(20(14)25)11-19(24)23-8-7-13-5-3-4-6-16(13)23/h3-6,9-10,12H,7-8,11H2,1-2H3. The molecule has 4 rings (SSSR count). The van der Waals surface area contributed by atoms with Gasteiger partial charge < -0.3 is 14.4 Å². The number of amides is 1. The highest BCUT2D eigenvalue weighted by Crippen LogP contribution is 2.30. The molecule has 0 atom stereocenters. The number of nitrogens with zero attached hydrogens (tertiary/aromatic N) is 3. The van der Waals surface area contributed by atoms with E-state index in [9.17, 15) is 9.59 Å². The zero-order valence-corrected chi connectivity index (χ0v) is 15.1. The molecule has 1 aromatic heterocycles. The fourth-order valence-electron chi connectivity index (χ4n) is 3.43. The van der Waals surface area contributed by atoms with Crippen LogP contribution in [0.5, 0.6) is 11.5 Å². The molecule has 0 radical (unpaired) electrons. The number of ether oxygens (including phenoxy) is 2. The number of fused-ring (bicyclic) bond motifs is 2. The predicted octanol–water partition coefficient (Wildman–Crippen LogP) is 2.00. The average molecular weight is 365 g/mol. The third kappa shape index (κ3) is 2.91. The summed E-state index contributed by atoms with van der Waals surface area (Å²) in [5, 5.41) is 0.379. The minimum Gasteiger partial charge on any atom is -0.493 e. The second kappa shape index (κ2) is 6.75. The molecule has 1 amide bonds. The van der Waals surface area contributed by atoms with Crippen LogP contribution in [0.15, 0.2) is 47.5 Å². The lowest BCUT2D eigenvalue weighted by atomic mass is 10.2. The minimum atomic E-state index is -0.290. The molecule has 0 N–H and O–H groups in total. The molecule has 7 nitrogen and oxygen atoms in total. The molecular weight excluding hydrogens is 346 g/mol. The smallest absolute Gasteiger partial charge is 0.261 e. The normalized spacial score (nSPS) is 12.9. The Hall–Kier alpha value is -3.35. The van der Waals surface area contributed by atoms with Gasteiger partial charge in [0.05, 0.1) is 31.4 Å². The molecule has 1 aliphatic heterocycles. The lowest BCUT2D eigenvalue weighted by Gasteiger charge is -2.18. The molecule has 7 heteroatoms. The first-order valence-electron chi connectivity index (χ1n) is 8.62. The maximum atomic E-state index is 12.8. The summed E-state index contributed by atoms with van der Waals surface area (Å²) in [6.45, 7) is 0.559. The van der Waals surface area contributed by atoms with Crippen molar-refractivity contribution in [3.05, 3.63) is 58.6 Å². The number of methoxy groups -OCH3 is 2. The monoisotopic (exact) mass is 365 g/mol. The summed E-state index contributed by atoms with van der Waals surface area (Å²) in [7, 11) is 3.03. The van der Waals surface area contributed by atoms with Crippen LogP contribution in [0.3, 0.4) is 0 Å². The molecule has 1 aliphatic rings. The van der Waals surface area contributed by atoms with E-state index in [2.05, 4.69) is 4.98 Å². The summed E-state index contributed by atoms with van der Waals surface area (Å²) in [5.74, 6) is 0.810. The molecule has 0 bridgehead atoms. The van der Waals surface area contributed by atoms with Gasteiger partial charge in [0.2, 0.25) is 5.91 Å². The summed E-state index contributed by atoms with van der Waals surface area (Å²) in [6, 6.07) is 11.1. The number of para-hydroxylation sites is 1. The molecule has 2 heterocycles. The Labute approximate surface area is 155 Å². The van der Waals surface area contributed by atoms with Gasteiger partial charge in [-0.15, -0.1) is 0 Å². The number of benzene rings is 2. The first kappa shape index (κ1) is 17.1. The second-order valence-corrected chi connectivity index (χ2v) is 6.33. The van der Waals surface area contributed by atoms with Gasteiger partial charge in [0.1, 0.15) is 6.54 Å². The Morgan fingerprint density at radius 2 is 1.89 bits per heavy atom. The third-order valence-electron chi connectivity index (χ3n) is 4.82. The largest absolute Gasteiger partial charge is 0.493 e. The Bertz CT molecular complexity index is 1090. The third-order valence-corrected chi connectivity index (χ3v) is 4.82. The van der Waals surface area contributed by atoms with E-state index in [1.165, 1.54) is 25.1 Å². The van der Waals surface area contributed by atoms with Gasteiger partial charge in [-0.2, -0.15) is 0 Å². The Balaban J connectivity index is 1.67. The Morgan fingerprint density at radius 1 is 1.15 bits per heavy atom. The van der Waals surface area contributed by atoms with Gasteiger partial charge in [-0.05, 0) is 24.1 Å². The number of aromatic nitrogens is 2. The lowest BCUT2D eigenvalue weighted by Crippen LogP contribution is -2.35. The number of hydrogen-bond donors (Lipinski definition) is 0. The molecule has 27 heavy (non-hydrogen) atoms. The summed E-state index contributed by atoms with van der Waals surface area (Å²) < 4.78 is 11.8. The highest BCUT2D eigenvalue weighted by Gasteiger charge is 2.24. The van der Waals surface area contributed by atoms with Gasteiger partial charge in [0, 0.05) is 18.3 Å². The van der Waals surface area contributed by atoms with Crippen LogP contribution in [0.25, 0.3) is 10.9 Å². The van der Waals surface area contributed by atoms with Crippen molar-refractivity contribution in [1.82, 2.24) is 9.55 Å². The van der Waals surface area contributed by atoms with Gasteiger partial charge >= 0.3 is 0 Å². The van der Waals surface area contributed by atoms with Crippen LogP contribution in [-0.2, 0) is 17.8 Å². The van der Waals surface area contributed by atoms with Gasteiger partial charge in [-0.1, -0.05) is 18.2 Å². The van der Waals surface area contributed by atoms with E-state index in [-0.39, 0.29) is 18.0 Å². The van der Waals surface area contributed by atoms with E-state index in [0.29, 0.717) is 28.9 Å². The van der Waals surface area contributed by atoms with E-state index >= 15 is 0 Å². The number of anilines is 1. The molecule has 0 fully saturated rings. The van der Waals surface area contributed by atoms with Crippen LogP contribution in [0, 0.1) is 0 Å². The van der Waals surface area contributed by atoms with Crippen molar-refractivity contribution in [2.45, 2.75) is 13.0 Å². The Morgan fingerprint density at radius 3 is 2.67 bits per heavy atom. The number of carbonyl (C=O) groups is 1. The van der Waals surface area contributed by atoms with Gasteiger partial charge in [-0.3, -0.25) is 14.2 Å². The first-order chi connectivity index (χ1) is 13.1. The molecule has 0 unspecified atom stereocenters. The van der Waals surface area contributed by atoms with E-state index in [4.69, 9.17) is 9.47 Å². The van der Waals surface area contributed by atoms with Crippen molar-refractivity contribution in [2.75, 3.05) is 25.7 Å². The zero-order chi connectivity index (χ0) is 19.0. The maximum Gasteiger partial charge on any atom is 0.261 e. The van der Waals surface area contributed by atoms with Crippen LogP contribution in [0.2, 0.25) is 0 Å². The molecule has 0 aliphatic carbocycles. The SMILES string of the molecule is COc1cc2ncn(CC(=O)N3CCc4ccccc43)c(=O)c2cc1OC. The predicted molar refractivity (Wildman–Crippen MR) is 102 cm³/mol. The minimum absolute atomic E-state index is 0.0650. The van der Waals surface area contributed by atoms with E-state index in [1.54, 1.807) is 17.0 Å². The van der Waals surface area contributed by atoms with Crippen molar-refractivity contribution < 1.29 is 14.3 Å². The summed E-state index contributed by atoms with van der Waals surface area (Å²) in [4.78, 5) is 31.7. The topological polar surface area (TPSA) is 73.7 Å². The fraction of sp³-hybridized carbons (Fsp3) is 0.250. The fourth-order valence-corrected chi connectivity index (χ4v) is 3.43. The molecule has 0 spiro atoms. The van der Waals surface area contributed by atoms with Crippen molar-refractivity contribution in [3.63, 3.8) is 0 Å². The molecule has 3 aromatic rings. The number of carbonyl (C=O) groups excluding carboxylic acids is 1. The highest BCUT2D eigenvalue weighted by molar-refractivity contribution is 5.95. The van der Waals surface area contributed by atoms with Gasteiger partial charge in [-0.25, -0.2) is 4.98 Å². The second-order valence-electron chi connectivity index (χ2n) is 6.33. The number of hydrogen-bond acceptors (Lipinski definition) is 5. The maximum absolute atomic E-state index is 12.8. The van der Waals surface area contributed by atoms with E-state index in [0.717, 1.165) is 17.7 Å². The Kier molecular flexibility index (Phi) is 4.27. The van der Waals surface area contributed by atoms with Crippen LogP contribution in [-0.4, -0.2) is 36.2 Å². The average Bonchev–Trinajstić information content (AvgIpc) is 3.13. The summed E-state index contributed by atoms with van der Waals surface area (Å²) in [5.41, 5.74) is 2.26. The van der Waals surface area contributed by atoms with Gasteiger partial charge in [0.25, 0.3) is 5.56 Å². The molecule has 2 aromatic carbocycles. The molecule has 0 saturated carbocycles. The van der Waals surface area contributed by atoms with Crippen molar-refractivity contribution in [2.24, 2.45) is 0 Å². The van der Waals surface area contributed by atoms with Crippen LogP contribution >= 0.6 is 0 Å². The highest BCUT2D eigenvalue weighted by atomic mass is 16.5. The summed E-state index contributed by atoms with van der Waals surface area (Å²) in [6.07, 6.45) is 2.22. The van der Waals surface area contributed by atoms with Gasteiger partial charge in [0.15, 0.2) is 11.5 Å².